The molecule has 1 saturated carbocycles. The van der Waals surface area contributed by atoms with E-state index in [-0.39, 0.29) is 0 Å². The van der Waals surface area contributed by atoms with Crippen molar-refractivity contribution < 1.29 is 4.74 Å². The zero-order chi connectivity index (χ0) is 13.8. The monoisotopic (exact) mass is 326 g/mol. The van der Waals surface area contributed by atoms with E-state index in [0.29, 0.717) is 12.1 Å². The van der Waals surface area contributed by atoms with Crippen LogP contribution in [0.4, 0.5) is 11.4 Å². The summed E-state index contributed by atoms with van der Waals surface area (Å²) in [6.45, 7) is 0. The summed E-state index contributed by atoms with van der Waals surface area (Å²) in [5.41, 5.74) is 2.44. The fourth-order valence-electron chi connectivity index (χ4n) is 2.68. The summed E-state index contributed by atoms with van der Waals surface area (Å²) in [7, 11) is 5.98. The van der Waals surface area contributed by atoms with Gasteiger partial charge in [0.05, 0.1) is 17.5 Å². The van der Waals surface area contributed by atoms with E-state index >= 15 is 0 Å². The Bertz CT molecular complexity index is 415. The highest BCUT2D eigenvalue weighted by molar-refractivity contribution is 9.10. The minimum absolute atomic E-state index is 0.453. The number of anilines is 2. The highest BCUT2D eigenvalue weighted by Gasteiger charge is 2.21. The third kappa shape index (κ3) is 3.86. The molecule has 4 heteroatoms. The molecule has 0 bridgehead atoms. The second-order valence-electron chi connectivity index (χ2n) is 5.41. The number of halogens is 1. The normalized spacial score (nSPS) is 23.2. The van der Waals surface area contributed by atoms with Gasteiger partial charge >= 0.3 is 0 Å². The summed E-state index contributed by atoms with van der Waals surface area (Å²) >= 11 is 3.55. The molecule has 0 amide bonds. The SMILES string of the molecule is COC1CCC(Nc2cc(Br)ccc2N(C)C)CC1. The molecule has 0 atom stereocenters. The average Bonchev–Trinajstić information content (AvgIpc) is 2.39. The second-order valence-corrected chi connectivity index (χ2v) is 6.33. The van der Waals surface area contributed by atoms with Crippen LogP contribution < -0.4 is 10.2 Å². The highest BCUT2D eigenvalue weighted by Crippen LogP contribution is 2.31. The number of methoxy groups -OCH3 is 1. The molecule has 0 spiro atoms. The van der Waals surface area contributed by atoms with Crippen molar-refractivity contribution in [1.82, 2.24) is 0 Å². The fraction of sp³-hybridized carbons (Fsp3) is 0.600. The van der Waals surface area contributed by atoms with E-state index in [1.165, 1.54) is 24.2 Å². The molecule has 0 aromatic heterocycles. The largest absolute Gasteiger partial charge is 0.381 e. The first-order valence-electron chi connectivity index (χ1n) is 6.86. The molecule has 0 saturated heterocycles. The Balaban J connectivity index is 2.04. The molecule has 0 radical (unpaired) electrons. The number of nitrogens with zero attached hydrogens (tertiary/aromatic N) is 1. The zero-order valence-corrected chi connectivity index (χ0v) is 13.5. The van der Waals surface area contributed by atoms with Gasteiger partial charge in [-0.1, -0.05) is 15.9 Å². The van der Waals surface area contributed by atoms with Gasteiger partial charge in [0.2, 0.25) is 0 Å². The number of hydrogen-bond donors (Lipinski definition) is 1. The Morgan fingerprint density at radius 1 is 1.21 bits per heavy atom. The molecule has 3 nitrogen and oxygen atoms in total. The predicted molar refractivity (Wildman–Crippen MR) is 85.1 cm³/mol. The lowest BCUT2D eigenvalue weighted by Crippen LogP contribution is -2.29. The standard InChI is InChI=1S/C15H23BrN2O/c1-18(2)15-9-4-11(16)10-14(15)17-12-5-7-13(19-3)8-6-12/h4,9-10,12-13,17H,5-8H2,1-3H3. The van der Waals surface area contributed by atoms with Crippen molar-refractivity contribution in [3.8, 4) is 0 Å². The molecule has 1 fully saturated rings. The Kier molecular flexibility index (Phi) is 5.11. The molecule has 2 rings (SSSR count). The summed E-state index contributed by atoms with van der Waals surface area (Å²) in [4.78, 5) is 2.15. The first kappa shape index (κ1) is 14.7. The molecule has 1 aliphatic rings. The van der Waals surface area contributed by atoms with E-state index in [1.807, 2.05) is 7.11 Å². The molecular formula is C15H23BrN2O. The quantitative estimate of drug-likeness (QED) is 0.908. The van der Waals surface area contributed by atoms with Crippen molar-refractivity contribution in [3.63, 3.8) is 0 Å². The lowest BCUT2D eigenvalue weighted by Gasteiger charge is -2.30. The molecule has 1 aromatic rings. The maximum Gasteiger partial charge on any atom is 0.0597 e. The molecule has 0 heterocycles. The van der Waals surface area contributed by atoms with Gasteiger partial charge < -0.3 is 15.0 Å². The minimum Gasteiger partial charge on any atom is -0.381 e. The van der Waals surface area contributed by atoms with Crippen LogP contribution in [0.5, 0.6) is 0 Å². The molecule has 1 aromatic carbocycles. The second kappa shape index (κ2) is 6.62. The van der Waals surface area contributed by atoms with Gasteiger partial charge in [0.1, 0.15) is 0 Å². The Hall–Kier alpha value is -0.740. The van der Waals surface area contributed by atoms with Gasteiger partial charge in [0, 0.05) is 31.7 Å². The molecule has 0 aliphatic heterocycles. The summed E-state index contributed by atoms with van der Waals surface area (Å²) in [6, 6.07) is 6.95. The van der Waals surface area contributed by atoms with Crippen LogP contribution in [0.1, 0.15) is 25.7 Å². The van der Waals surface area contributed by atoms with E-state index in [0.717, 1.165) is 17.3 Å². The third-order valence-corrected chi connectivity index (χ3v) is 4.30. The topological polar surface area (TPSA) is 24.5 Å². The molecule has 106 valence electrons. The van der Waals surface area contributed by atoms with Crippen molar-refractivity contribution in [1.29, 1.82) is 0 Å². The van der Waals surface area contributed by atoms with Gasteiger partial charge in [-0.3, -0.25) is 0 Å². The van der Waals surface area contributed by atoms with Crippen LogP contribution in [-0.2, 0) is 4.74 Å². The van der Waals surface area contributed by atoms with Crippen LogP contribution in [0.3, 0.4) is 0 Å². The third-order valence-electron chi connectivity index (χ3n) is 3.81. The Labute approximate surface area is 124 Å². The van der Waals surface area contributed by atoms with Crippen LogP contribution in [-0.4, -0.2) is 33.4 Å². The number of ether oxygens (including phenoxy) is 1. The maximum atomic E-state index is 5.43. The average molecular weight is 327 g/mol. The minimum atomic E-state index is 0.453. The first-order valence-corrected chi connectivity index (χ1v) is 7.65. The maximum absolute atomic E-state index is 5.43. The lowest BCUT2D eigenvalue weighted by molar-refractivity contribution is 0.0682. The smallest absolute Gasteiger partial charge is 0.0597 e. The fourth-order valence-corrected chi connectivity index (χ4v) is 3.04. The zero-order valence-electron chi connectivity index (χ0n) is 11.9. The van der Waals surface area contributed by atoms with E-state index in [2.05, 4.69) is 58.4 Å². The van der Waals surface area contributed by atoms with Crippen molar-refractivity contribution in [2.75, 3.05) is 31.4 Å². The number of hydrogen-bond acceptors (Lipinski definition) is 3. The Morgan fingerprint density at radius 2 is 1.89 bits per heavy atom. The molecule has 1 N–H and O–H groups in total. The molecule has 1 aliphatic carbocycles. The summed E-state index contributed by atoms with van der Waals surface area (Å²) in [5.74, 6) is 0. The highest BCUT2D eigenvalue weighted by atomic mass is 79.9. The van der Waals surface area contributed by atoms with Crippen LogP contribution in [0, 0.1) is 0 Å². The summed E-state index contributed by atoms with van der Waals surface area (Å²) < 4.78 is 6.54. The molecular weight excluding hydrogens is 304 g/mol. The van der Waals surface area contributed by atoms with E-state index in [4.69, 9.17) is 4.74 Å². The van der Waals surface area contributed by atoms with E-state index in [1.54, 1.807) is 0 Å². The van der Waals surface area contributed by atoms with Gasteiger partial charge in [-0.2, -0.15) is 0 Å². The van der Waals surface area contributed by atoms with Gasteiger partial charge in [0.15, 0.2) is 0 Å². The van der Waals surface area contributed by atoms with Crippen molar-refractivity contribution in [2.45, 2.75) is 37.8 Å². The van der Waals surface area contributed by atoms with Gasteiger partial charge in [-0.15, -0.1) is 0 Å². The number of benzene rings is 1. The molecule has 0 unspecified atom stereocenters. The summed E-state index contributed by atoms with van der Waals surface area (Å²) in [6.07, 6.45) is 5.11. The summed E-state index contributed by atoms with van der Waals surface area (Å²) in [5, 5.41) is 3.69. The Morgan fingerprint density at radius 3 is 2.47 bits per heavy atom. The lowest BCUT2D eigenvalue weighted by atomic mass is 9.92. The van der Waals surface area contributed by atoms with Crippen LogP contribution in [0.15, 0.2) is 22.7 Å². The van der Waals surface area contributed by atoms with E-state index in [9.17, 15) is 0 Å². The van der Waals surface area contributed by atoms with Crippen LogP contribution >= 0.6 is 15.9 Å². The van der Waals surface area contributed by atoms with Crippen molar-refractivity contribution >= 4 is 27.3 Å². The number of nitrogens with one attached hydrogen (secondary N) is 1. The predicted octanol–water partition coefficient (Wildman–Crippen LogP) is 3.88. The number of rotatable bonds is 4. The van der Waals surface area contributed by atoms with Crippen LogP contribution in [0.2, 0.25) is 0 Å². The first-order chi connectivity index (χ1) is 9.10. The van der Waals surface area contributed by atoms with Crippen molar-refractivity contribution in [3.05, 3.63) is 22.7 Å². The van der Waals surface area contributed by atoms with Gasteiger partial charge in [-0.05, 0) is 43.9 Å². The molecule has 19 heavy (non-hydrogen) atoms. The van der Waals surface area contributed by atoms with Crippen LogP contribution in [0.25, 0.3) is 0 Å². The van der Waals surface area contributed by atoms with E-state index < -0.39 is 0 Å². The van der Waals surface area contributed by atoms with Crippen molar-refractivity contribution in [2.24, 2.45) is 0 Å². The van der Waals surface area contributed by atoms with Gasteiger partial charge in [-0.25, -0.2) is 0 Å². The van der Waals surface area contributed by atoms with Gasteiger partial charge in [0.25, 0.3) is 0 Å².